The molecule has 1 aromatic heterocycles. The second kappa shape index (κ2) is 5.95. The van der Waals surface area contributed by atoms with E-state index in [1.54, 1.807) is 11.3 Å². The number of benzene rings is 1. The van der Waals surface area contributed by atoms with Gasteiger partial charge in [-0.05, 0) is 31.0 Å². The zero-order valence-corrected chi connectivity index (χ0v) is 11.3. The highest BCUT2D eigenvalue weighted by molar-refractivity contribution is 7.09. The van der Waals surface area contributed by atoms with Gasteiger partial charge < -0.3 is 4.74 Å². The van der Waals surface area contributed by atoms with E-state index in [1.165, 1.54) is 11.1 Å². The lowest BCUT2D eigenvalue weighted by atomic mass is 10.1. The number of ether oxygens (including phenoxy) is 1. The monoisotopic (exact) mass is 264 g/mol. The van der Waals surface area contributed by atoms with Crippen LogP contribution < -0.4 is 10.6 Å². The predicted molar refractivity (Wildman–Crippen MR) is 71.3 cm³/mol. The Labute approximate surface area is 110 Å². The van der Waals surface area contributed by atoms with E-state index in [-0.39, 0.29) is 0 Å². The Hall–Kier alpha value is -1.43. The van der Waals surface area contributed by atoms with E-state index in [9.17, 15) is 0 Å². The van der Waals surface area contributed by atoms with Gasteiger partial charge in [0.25, 0.3) is 0 Å². The van der Waals surface area contributed by atoms with E-state index in [0.717, 1.165) is 16.5 Å². The van der Waals surface area contributed by atoms with Crippen molar-refractivity contribution >= 4 is 11.3 Å². The zero-order valence-electron chi connectivity index (χ0n) is 10.5. The van der Waals surface area contributed by atoms with Crippen molar-refractivity contribution in [3.05, 3.63) is 45.4 Å². The Bertz CT molecular complexity index is 525. The Kier molecular flexibility index (Phi) is 4.30. The molecule has 0 saturated heterocycles. The fourth-order valence-corrected chi connectivity index (χ4v) is 2.28. The predicted octanol–water partition coefficient (Wildman–Crippen LogP) is 2.73. The van der Waals surface area contributed by atoms with Gasteiger partial charge in [0.2, 0.25) is 0 Å². The molecule has 0 spiro atoms. The average Bonchev–Trinajstić information content (AvgIpc) is 2.79. The van der Waals surface area contributed by atoms with Crippen molar-refractivity contribution in [3.63, 3.8) is 0 Å². The minimum Gasteiger partial charge on any atom is -0.486 e. The second-order valence-electron chi connectivity index (χ2n) is 4.03. The maximum Gasteiger partial charge on any atom is 0.140 e. The van der Waals surface area contributed by atoms with Crippen molar-refractivity contribution in [2.45, 2.75) is 27.1 Å². The number of hydrogen-bond donors (Lipinski definition) is 1. The molecule has 0 atom stereocenters. The van der Waals surface area contributed by atoms with Crippen LogP contribution in [0.3, 0.4) is 0 Å². The van der Waals surface area contributed by atoms with E-state index in [1.807, 2.05) is 17.5 Å². The van der Waals surface area contributed by atoms with Crippen molar-refractivity contribution in [2.24, 2.45) is 5.90 Å². The summed E-state index contributed by atoms with van der Waals surface area (Å²) in [6.45, 7) is 4.93. The van der Waals surface area contributed by atoms with E-state index < -0.39 is 0 Å². The molecular formula is C13H16N2O2S. The molecule has 0 bridgehead atoms. The molecule has 2 aromatic rings. The third kappa shape index (κ3) is 3.07. The molecule has 4 nitrogen and oxygen atoms in total. The summed E-state index contributed by atoms with van der Waals surface area (Å²) in [6.07, 6.45) is 0. The number of aromatic nitrogens is 1. The van der Waals surface area contributed by atoms with Crippen LogP contribution in [-0.4, -0.2) is 4.98 Å². The van der Waals surface area contributed by atoms with E-state index >= 15 is 0 Å². The van der Waals surface area contributed by atoms with Crippen LogP contribution in [0.2, 0.25) is 0 Å². The molecule has 0 radical (unpaired) electrons. The van der Waals surface area contributed by atoms with E-state index in [4.69, 9.17) is 10.6 Å². The Morgan fingerprint density at radius 1 is 1.28 bits per heavy atom. The van der Waals surface area contributed by atoms with Crippen LogP contribution in [0, 0.1) is 13.8 Å². The highest BCUT2D eigenvalue weighted by Crippen LogP contribution is 2.22. The van der Waals surface area contributed by atoms with Gasteiger partial charge in [0.05, 0.1) is 5.69 Å². The van der Waals surface area contributed by atoms with Crippen LogP contribution in [-0.2, 0) is 18.1 Å². The largest absolute Gasteiger partial charge is 0.486 e. The van der Waals surface area contributed by atoms with Gasteiger partial charge in [-0.3, -0.25) is 4.84 Å². The van der Waals surface area contributed by atoms with Gasteiger partial charge in [0.1, 0.15) is 24.0 Å². The Morgan fingerprint density at radius 2 is 2.11 bits per heavy atom. The Balaban J connectivity index is 2.00. The number of nitrogens with zero attached hydrogens (tertiary/aromatic N) is 1. The molecule has 0 amide bonds. The summed E-state index contributed by atoms with van der Waals surface area (Å²) >= 11 is 1.55. The first kappa shape index (κ1) is 13.0. The molecule has 5 heteroatoms. The van der Waals surface area contributed by atoms with Gasteiger partial charge in [0, 0.05) is 5.38 Å². The Morgan fingerprint density at radius 3 is 2.89 bits per heavy atom. The summed E-state index contributed by atoms with van der Waals surface area (Å²) in [5, 5.41) is 2.84. The average molecular weight is 264 g/mol. The maximum atomic E-state index is 5.77. The number of rotatable bonds is 5. The summed E-state index contributed by atoms with van der Waals surface area (Å²) in [4.78, 5) is 8.90. The molecule has 18 heavy (non-hydrogen) atoms. The number of hydrogen-bond acceptors (Lipinski definition) is 5. The van der Waals surface area contributed by atoms with Gasteiger partial charge in [-0.15, -0.1) is 11.3 Å². The fourth-order valence-electron chi connectivity index (χ4n) is 1.59. The lowest BCUT2D eigenvalue weighted by Gasteiger charge is -2.09. The SMILES string of the molecule is Cc1cccc(OCc2nc(CON)cs2)c1C. The van der Waals surface area contributed by atoms with Crippen LogP contribution >= 0.6 is 11.3 Å². The van der Waals surface area contributed by atoms with Crippen molar-refractivity contribution < 1.29 is 9.57 Å². The summed E-state index contributed by atoms with van der Waals surface area (Å²) in [5.41, 5.74) is 3.23. The van der Waals surface area contributed by atoms with Crippen molar-refractivity contribution in [2.75, 3.05) is 0 Å². The van der Waals surface area contributed by atoms with Crippen LogP contribution in [0.5, 0.6) is 5.75 Å². The minimum atomic E-state index is 0.333. The minimum absolute atomic E-state index is 0.333. The van der Waals surface area contributed by atoms with Gasteiger partial charge in [-0.1, -0.05) is 12.1 Å². The lowest BCUT2D eigenvalue weighted by molar-refractivity contribution is 0.121. The van der Waals surface area contributed by atoms with Crippen molar-refractivity contribution in [3.8, 4) is 5.75 Å². The third-order valence-corrected chi connectivity index (χ3v) is 3.61. The molecule has 0 aliphatic rings. The molecule has 0 aliphatic carbocycles. The molecule has 0 aliphatic heterocycles. The molecule has 0 fully saturated rings. The fraction of sp³-hybridized carbons (Fsp3) is 0.308. The van der Waals surface area contributed by atoms with Crippen molar-refractivity contribution in [1.82, 2.24) is 4.98 Å². The number of thiazole rings is 1. The molecule has 1 aromatic carbocycles. The maximum absolute atomic E-state index is 5.77. The van der Waals surface area contributed by atoms with Gasteiger partial charge >= 0.3 is 0 Å². The van der Waals surface area contributed by atoms with Crippen LogP contribution in [0.25, 0.3) is 0 Å². The second-order valence-corrected chi connectivity index (χ2v) is 4.97. The molecule has 0 unspecified atom stereocenters. The highest BCUT2D eigenvalue weighted by Gasteiger charge is 2.05. The third-order valence-electron chi connectivity index (χ3n) is 2.74. The number of nitrogens with two attached hydrogens (primary N) is 1. The molecule has 0 saturated carbocycles. The zero-order chi connectivity index (χ0) is 13.0. The molecule has 2 N–H and O–H groups in total. The van der Waals surface area contributed by atoms with Gasteiger partial charge in [-0.2, -0.15) is 0 Å². The summed E-state index contributed by atoms with van der Waals surface area (Å²) in [5.74, 6) is 5.91. The smallest absolute Gasteiger partial charge is 0.140 e. The quantitative estimate of drug-likeness (QED) is 0.844. The normalized spacial score (nSPS) is 10.6. The lowest BCUT2D eigenvalue weighted by Crippen LogP contribution is -2.00. The van der Waals surface area contributed by atoms with Crippen LogP contribution in [0.15, 0.2) is 23.6 Å². The highest BCUT2D eigenvalue weighted by atomic mass is 32.1. The first-order valence-corrected chi connectivity index (χ1v) is 6.52. The molecular weight excluding hydrogens is 248 g/mol. The first-order valence-electron chi connectivity index (χ1n) is 5.64. The summed E-state index contributed by atoms with van der Waals surface area (Å²) < 4.78 is 5.77. The summed E-state index contributed by atoms with van der Waals surface area (Å²) in [7, 11) is 0. The van der Waals surface area contributed by atoms with Gasteiger partial charge in [0.15, 0.2) is 0 Å². The van der Waals surface area contributed by atoms with Crippen LogP contribution in [0.4, 0.5) is 0 Å². The van der Waals surface area contributed by atoms with E-state index in [0.29, 0.717) is 13.2 Å². The molecule has 96 valence electrons. The molecule has 2 rings (SSSR count). The van der Waals surface area contributed by atoms with Gasteiger partial charge in [-0.25, -0.2) is 10.9 Å². The first-order chi connectivity index (χ1) is 8.70. The standard InChI is InChI=1S/C13H16N2O2S/c1-9-4-3-5-12(10(9)2)16-7-13-15-11(6-17-14)8-18-13/h3-5,8H,6-7,14H2,1-2H3. The van der Waals surface area contributed by atoms with Crippen LogP contribution in [0.1, 0.15) is 21.8 Å². The van der Waals surface area contributed by atoms with E-state index in [2.05, 4.69) is 29.7 Å². The number of aryl methyl sites for hydroxylation is 1. The summed E-state index contributed by atoms with van der Waals surface area (Å²) in [6, 6.07) is 6.04. The molecule has 1 heterocycles. The van der Waals surface area contributed by atoms with Crippen molar-refractivity contribution in [1.29, 1.82) is 0 Å². The topological polar surface area (TPSA) is 57.4 Å².